The standard InChI is InChI=1S/C24H24N2O3/c1-5-28-17-8-10-23(29-6-2)20(12-17)19-13-22(26-24(27)21(19)14-25)18-9-7-15(3)11-16(18)4/h7-13H,5-6H2,1-4H3,(H,26,27). The summed E-state index contributed by atoms with van der Waals surface area (Å²) in [5, 5.41) is 9.66. The molecule has 148 valence electrons. The van der Waals surface area contributed by atoms with Crippen molar-refractivity contribution < 1.29 is 9.47 Å². The van der Waals surface area contributed by atoms with Crippen LogP contribution >= 0.6 is 0 Å². The van der Waals surface area contributed by atoms with Gasteiger partial charge < -0.3 is 14.5 Å². The Hall–Kier alpha value is -3.52. The second kappa shape index (κ2) is 8.66. The van der Waals surface area contributed by atoms with Gasteiger partial charge in [-0.15, -0.1) is 0 Å². The molecule has 0 bridgehead atoms. The molecule has 5 nitrogen and oxygen atoms in total. The van der Waals surface area contributed by atoms with E-state index in [1.54, 1.807) is 0 Å². The molecule has 29 heavy (non-hydrogen) atoms. The van der Waals surface area contributed by atoms with Crippen molar-refractivity contribution in [3.63, 3.8) is 0 Å². The number of aromatic amines is 1. The van der Waals surface area contributed by atoms with Crippen LogP contribution in [-0.2, 0) is 0 Å². The van der Waals surface area contributed by atoms with Crippen LogP contribution in [0.15, 0.2) is 47.3 Å². The zero-order valence-electron chi connectivity index (χ0n) is 17.1. The van der Waals surface area contributed by atoms with Gasteiger partial charge in [0.05, 0.1) is 13.2 Å². The summed E-state index contributed by atoms with van der Waals surface area (Å²) in [7, 11) is 0. The number of nitrogens with zero attached hydrogens (tertiary/aromatic N) is 1. The molecule has 0 amide bonds. The highest BCUT2D eigenvalue weighted by Crippen LogP contribution is 2.36. The molecule has 3 rings (SSSR count). The van der Waals surface area contributed by atoms with Crippen LogP contribution in [0.25, 0.3) is 22.4 Å². The zero-order chi connectivity index (χ0) is 21.0. The SMILES string of the molecule is CCOc1ccc(OCC)c(-c2cc(-c3ccc(C)cc3C)[nH]c(=O)c2C#N)c1. The summed E-state index contributed by atoms with van der Waals surface area (Å²) in [5.74, 6) is 1.26. The van der Waals surface area contributed by atoms with E-state index in [0.29, 0.717) is 41.5 Å². The van der Waals surface area contributed by atoms with Gasteiger partial charge in [0.25, 0.3) is 5.56 Å². The largest absolute Gasteiger partial charge is 0.494 e. The third-order valence-corrected chi connectivity index (χ3v) is 4.67. The van der Waals surface area contributed by atoms with Crippen molar-refractivity contribution in [3.8, 4) is 40.0 Å². The number of H-pyrrole nitrogens is 1. The summed E-state index contributed by atoms with van der Waals surface area (Å²) < 4.78 is 11.4. The lowest BCUT2D eigenvalue weighted by atomic mass is 9.96. The number of nitriles is 1. The molecule has 0 spiro atoms. The van der Waals surface area contributed by atoms with Crippen molar-refractivity contribution >= 4 is 0 Å². The summed E-state index contributed by atoms with van der Waals surface area (Å²) in [4.78, 5) is 15.6. The van der Waals surface area contributed by atoms with Gasteiger partial charge in [-0.25, -0.2) is 0 Å². The van der Waals surface area contributed by atoms with Gasteiger partial charge >= 0.3 is 0 Å². The molecule has 1 N–H and O–H groups in total. The Morgan fingerprint density at radius 3 is 2.34 bits per heavy atom. The minimum atomic E-state index is -0.427. The first kappa shape index (κ1) is 20.2. The fourth-order valence-electron chi connectivity index (χ4n) is 3.40. The Balaban J connectivity index is 2.29. The van der Waals surface area contributed by atoms with Crippen molar-refractivity contribution in [1.29, 1.82) is 5.26 Å². The van der Waals surface area contributed by atoms with Crippen LogP contribution in [0.5, 0.6) is 11.5 Å². The molecule has 0 radical (unpaired) electrons. The molecule has 2 aromatic carbocycles. The third kappa shape index (κ3) is 4.17. The van der Waals surface area contributed by atoms with Gasteiger partial charge in [0, 0.05) is 22.4 Å². The monoisotopic (exact) mass is 388 g/mol. The van der Waals surface area contributed by atoms with Crippen molar-refractivity contribution in [2.24, 2.45) is 0 Å². The second-order valence-corrected chi connectivity index (χ2v) is 6.75. The molecule has 0 fully saturated rings. The number of pyridine rings is 1. The van der Waals surface area contributed by atoms with Crippen molar-refractivity contribution in [2.75, 3.05) is 13.2 Å². The molecule has 0 aliphatic rings. The summed E-state index contributed by atoms with van der Waals surface area (Å²) in [6, 6.07) is 15.4. The van der Waals surface area contributed by atoms with Crippen LogP contribution in [0.3, 0.4) is 0 Å². The Morgan fingerprint density at radius 2 is 1.69 bits per heavy atom. The van der Waals surface area contributed by atoms with Crippen LogP contribution in [-0.4, -0.2) is 18.2 Å². The molecule has 0 saturated carbocycles. The Bertz CT molecular complexity index is 1140. The van der Waals surface area contributed by atoms with E-state index in [9.17, 15) is 10.1 Å². The number of aryl methyl sites for hydroxylation is 2. The minimum Gasteiger partial charge on any atom is -0.494 e. The van der Waals surface area contributed by atoms with E-state index in [1.807, 2.05) is 70.2 Å². The van der Waals surface area contributed by atoms with Gasteiger partial charge in [-0.3, -0.25) is 4.79 Å². The quantitative estimate of drug-likeness (QED) is 0.645. The van der Waals surface area contributed by atoms with Crippen LogP contribution < -0.4 is 15.0 Å². The van der Waals surface area contributed by atoms with Crippen LogP contribution in [0.1, 0.15) is 30.5 Å². The van der Waals surface area contributed by atoms with Gasteiger partial charge in [-0.2, -0.15) is 5.26 Å². The predicted molar refractivity (Wildman–Crippen MR) is 114 cm³/mol. The van der Waals surface area contributed by atoms with E-state index in [4.69, 9.17) is 9.47 Å². The molecule has 0 saturated heterocycles. The first-order chi connectivity index (χ1) is 14.0. The second-order valence-electron chi connectivity index (χ2n) is 6.75. The fraction of sp³-hybridized carbons (Fsp3) is 0.250. The Morgan fingerprint density at radius 1 is 0.931 bits per heavy atom. The molecular weight excluding hydrogens is 364 g/mol. The summed E-state index contributed by atoms with van der Waals surface area (Å²) >= 11 is 0. The normalized spacial score (nSPS) is 10.4. The van der Waals surface area contributed by atoms with Gasteiger partial charge in [-0.1, -0.05) is 23.8 Å². The minimum absolute atomic E-state index is 0.0492. The maximum atomic E-state index is 12.7. The van der Waals surface area contributed by atoms with Gasteiger partial charge in [0.2, 0.25) is 0 Å². The molecule has 5 heteroatoms. The number of nitrogens with one attached hydrogen (secondary N) is 1. The van der Waals surface area contributed by atoms with Gasteiger partial charge in [0.1, 0.15) is 23.1 Å². The Kier molecular flexibility index (Phi) is 6.04. The average molecular weight is 388 g/mol. The summed E-state index contributed by atoms with van der Waals surface area (Å²) in [6.07, 6.45) is 0. The highest BCUT2D eigenvalue weighted by atomic mass is 16.5. The topological polar surface area (TPSA) is 75.1 Å². The summed E-state index contributed by atoms with van der Waals surface area (Å²) in [5.41, 5.74) is 4.57. The third-order valence-electron chi connectivity index (χ3n) is 4.67. The number of benzene rings is 2. The molecule has 0 atom stereocenters. The molecule has 0 aliphatic carbocycles. The fourth-order valence-corrected chi connectivity index (χ4v) is 3.40. The van der Waals surface area contributed by atoms with Crippen molar-refractivity contribution in [2.45, 2.75) is 27.7 Å². The number of hydrogen-bond donors (Lipinski definition) is 1. The van der Waals surface area contributed by atoms with E-state index < -0.39 is 5.56 Å². The maximum Gasteiger partial charge on any atom is 0.266 e. The lowest BCUT2D eigenvalue weighted by molar-refractivity contribution is 0.331. The lowest BCUT2D eigenvalue weighted by Gasteiger charge is -2.15. The van der Waals surface area contributed by atoms with E-state index >= 15 is 0 Å². The smallest absolute Gasteiger partial charge is 0.266 e. The molecule has 0 aliphatic heterocycles. The first-order valence-electron chi connectivity index (χ1n) is 9.63. The number of hydrogen-bond acceptors (Lipinski definition) is 4. The number of aromatic nitrogens is 1. The van der Waals surface area contributed by atoms with E-state index in [2.05, 4.69) is 11.1 Å². The summed E-state index contributed by atoms with van der Waals surface area (Å²) in [6.45, 7) is 8.81. The first-order valence-corrected chi connectivity index (χ1v) is 9.63. The number of rotatable bonds is 6. The maximum absolute atomic E-state index is 12.7. The highest BCUT2D eigenvalue weighted by Gasteiger charge is 2.18. The van der Waals surface area contributed by atoms with Crippen LogP contribution in [0.2, 0.25) is 0 Å². The van der Waals surface area contributed by atoms with E-state index in [0.717, 1.165) is 16.7 Å². The van der Waals surface area contributed by atoms with E-state index in [-0.39, 0.29) is 5.56 Å². The van der Waals surface area contributed by atoms with Crippen LogP contribution in [0.4, 0.5) is 0 Å². The molecule has 1 heterocycles. The highest BCUT2D eigenvalue weighted by molar-refractivity contribution is 5.80. The van der Waals surface area contributed by atoms with Crippen molar-refractivity contribution in [3.05, 3.63) is 69.5 Å². The Labute approximate surface area is 170 Å². The predicted octanol–water partition coefficient (Wildman–Crippen LogP) is 4.99. The molecule has 1 aromatic heterocycles. The number of ether oxygens (including phenoxy) is 2. The lowest BCUT2D eigenvalue weighted by Crippen LogP contribution is -2.13. The zero-order valence-corrected chi connectivity index (χ0v) is 17.1. The van der Waals surface area contributed by atoms with Crippen LogP contribution in [0, 0.1) is 25.2 Å². The van der Waals surface area contributed by atoms with E-state index in [1.165, 1.54) is 0 Å². The molecule has 0 unspecified atom stereocenters. The van der Waals surface area contributed by atoms with Gasteiger partial charge in [-0.05, 0) is 57.5 Å². The molecule has 3 aromatic rings. The van der Waals surface area contributed by atoms with Crippen molar-refractivity contribution in [1.82, 2.24) is 4.98 Å². The average Bonchev–Trinajstić information content (AvgIpc) is 2.69. The molecular formula is C24H24N2O3. The van der Waals surface area contributed by atoms with Gasteiger partial charge in [0.15, 0.2) is 0 Å².